The number of hydrogen-bond acceptors (Lipinski definition) is 9. The van der Waals surface area contributed by atoms with Gasteiger partial charge in [-0.15, -0.1) is 0 Å². The SMILES string of the molecule is CC1=CC(C)=C(CNC(=O)c2cc(-c3ccc(N4CCN(CCN)CC4)nc3)cc(NC(C)C)c2C=N)C(O)N1. The highest BCUT2D eigenvalue weighted by atomic mass is 16.3. The van der Waals surface area contributed by atoms with Crippen LogP contribution in [0.3, 0.4) is 0 Å². The number of rotatable bonds is 10. The number of aliphatic hydroxyl groups is 1. The number of nitrogens with zero attached hydrogens (tertiary/aromatic N) is 3. The van der Waals surface area contributed by atoms with Crippen molar-refractivity contribution in [1.82, 2.24) is 20.5 Å². The molecule has 10 nitrogen and oxygen atoms in total. The van der Waals surface area contributed by atoms with Crippen LogP contribution in [-0.4, -0.2) is 85.2 Å². The normalized spacial score (nSPS) is 17.9. The third kappa shape index (κ3) is 6.88. The molecule has 0 bridgehead atoms. The molecule has 1 aromatic carbocycles. The number of anilines is 2. The van der Waals surface area contributed by atoms with Crippen LogP contribution in [0.4, 0.5) is 11.5 Å². The van der Waals surface area contributed by atoms with Crippen molar-refractivity contribution < 1.29 is 9.90 Å². The predicted octanol–water partition coefficient (Wildman–Crippen LogP) is 2.52. The van der Waals surface area contributed by atoms with E-state index < -0.39 is 6.23 Å². The molecule has 1 aromatic heterocycles. The van der Waals surface area contributed by atoms with Gasteiger partial charge in [-0.3, -0.25) is 9.69 Å². The number of amides is 1. The van der Waals surface area contributed by atoms with Crippen LogP contribution >= 0.6 is 0 Å². The van der Waals surface area contributed by atoms with Crippen LogP contribution in [0.25, 0.3) is 11.1 Å². The Labute approximate surface area is 236 Å². The lowest BCUT2D eigenvalue weighted by Gasteiger charge is -2.35. The molecule has 1 saturated heterocycles. The summed E-state index contributed by atoms with van der Waals surface area (Å²) >= 11 is 0. The molecule has 10 heteroatoms. The first kappa shape index (κ1) is 29.3. The van der Waals surface area contributed by atoms with Crippen molar-refractivity contribution in [2.24, 2.45) is 5.73 Å². The molecule has 1 fully saturated rings. The van der Waals surface area contributed by atoms with Crippen LogP contribution in [0.15, 0.2) is 53.4 Å². The number of carbonyl (C=O) groups is 1. The van der Waals surface area contributed by atoms with E-state index >= 15 is 0 Å². The van der Waals surface area contributed by atoms with Gasteiger partial charge in [-0.25, -0.2) is 4.98 Å². The number of aliphatic hydroxyl groups excluding tert-OH is 1. The fourth-order valence-corrected chi connectivity index (χ4v) is 5.21. The maximum absolute atomic E-state index is 13.5. The van der Waals surface area contributed by atoms with E-state index in [0.717, 1.165) is 60.9 Å². The van der Waals surface area contributed by atoms with Gasteiger partial charge in [-0.05, 0) is 69.2 Å². The average Bonchev–Trinajstić information content (AvgIpc) is 2.92. The van der Waals surface area contributed by atoms with Crippen LogP contribution in [-0.2, 0) is 0 Å². The van der Waals surface area contributed by atoms with Gasteiger partial charge < -0.3 is 37.1 Å². The molecular weight excluding hydrogens is 504 g/mol. The number of benzene rings is 1. The summed E-state index contributed by atoms with van der Waals surface area (Å²) in [6, 6.07) is 7.94. The van der Waals surface area contributed by atoms with E-state index in [2.05, 4.69) is 25.8 Å². The minimum absolute atomic E-state index is 0.106. The van der Waals surface area contributed by atoms with Crippen molar-refractivity contribution in [1.29, 1.82) is 5.41 Å². The number of nitrogens with one attached hydrogen (secondary N) is 4. The van der Waals surface area contributed by atoms with Crippen molar-refractivity contribution in [2.75, 3.05) is 56.0 Å². The van der Waals surface area contributed by atoms with Gasteiger partial charge in [-0.1, -0.05) is 0 Å². The number of allylic oxidation sites excluding steroid dienone is 3. The van der Waals surface area contributed by atoms with E-state index in [1.54, 1.807) is 0 Å². The van der Waals surface area contributed by atoms with Crippen LogP contribution in [0.2, 0.25) is 0 Å². The van der Waals surface area contributed by atoms with E-state index in [9.17, 15) is 9.90 Å². The fraction of sp³-hybridized carbons (Fsp3) is 0.433. The summed E-state index contributed by atoms with van der Waals surface area (Å²) in [5, 5.41) is 27.9. The molecule has 2 aliphatic heterocycles. The zero-order valence-corrected chi connectivity index (χ0v) is 23.9. The Morgan fingerprint density at radius 2 is 1.98 bits per heavy atom. The molecule has 0 spiro atoms. The van der Waals surface area contributed by atoms with Crippen molar-refractivity contribution in [2.45, 2.75) is 40.0 Å². The predicted molar refractivity (Wildman–Crippen MR) is 162 cm³/mol. The van der Waals surface area contributed by atoms with E-state index in [4.69, 9.17) is 16.1 Å². The molecular formula is C30H42N8O2. The lowest BCUT2D eigenvalue weighted by atomic mass is 9.97. The largest absolute Gasteiger partial charge is 0.382 e. The highest BCUT2D eigenvalue weighted by Gasteiger charge is 2.22. The van der Waals surface area contributed by atoms with E-state index in [1.165, 1.54) is 6.21 Å². The molecule has 1 atom stereocenters. The van der Waals surface area contributed by atoms with Gasteiger partial charge in [-0.2, -0.15) is 0 Å². The summed E-state index contributed by atoms with van der Waals surface area (Å²) in [6.07, 6.45) is 4.14. The van der Waals surface area contributed by atoms with Crippen LogP contribution in [0.5, 0.6) is 0 Å². The third-order valence-corrected chi connectivity index (χ3v) is 7.31. The van der Waals surface area contributed by atoms with Crippen LogP contribution in [0.1, 0.15) is 43.6 Å². The van der Waals surface area contributed by atoms with Crippen molar-refractivity contribution in [3.05, 3.63) is 64.5 Å². The second-order valence-electron chi connectivity index (χ2n) is 10.7. The zero-order valence-electron chi connectivity index (χ0n) is 23.9. The number of pyridine rings is 1. The Bertz CT molecular complexity index is 1280. The monoisotopic (exact) mass is 546 g/mol. The first-order valence-corrected chi connectivity index (χ1v) is 13.9. The molecule has 7 N–H and O–H groups in total. The quantitative estimate of drug-likeness (QED) is 0.250. The van der Waals surface area contributed by atoms with Crippen molar-refractivity contribution in [3.63, 3.8) is 0 Å². The number of piperazine rings is 1. The second kappa shape index (κ2) is 13.1. The summed E-state index contributed by atoms with van der Waals surface area (Å²) in [7, 11) is 0. The first-order valence-electron chi connectivity index (χ1n) is 13.9. The molecule has 0 aliphatic carbocycles. The summed E-state index contributed by atoms with van der Waals surface area (Å²) in [4.78, 5) is 22.9. The molecule has 2 aromatic rings. The van der Waals surface area contributed by atoms with Gasteiger partial charge in [0.25, 0.3) is 5.91 Å². The van der Waals surface area contributed by atoms with E-state index in [1.807, 2.05) is 64.2 Å². The van der Waals surface area contributed by atoms with Gasteiger partial charge in [0.2, 0.25) is 0 Å². The Kier molecular flexibility index (Phi) is 9.57. The zero-order chi connectivity index (χ0) is 28.8. The molecule has 214 valence electrons. The van der Waals surface area contributed by atoms with E-state index in [-0.39, 0.29) is 18.5 Å². The summed E-state index contributed by atoms with van der Waals surface area (Å²) < 4.78 is 0. The maximum atomic E-state index is 13.5. The Morgan fingerprint density at radius 1 is 1.23 bits per heavy atom. The standard InChI is InChI=1S/C30H42N8O2/c1-19(2)35-27-15-23(22-5-6-28(33-17-22)38-11-9-37(8-7-31)10-12-38)14-24(25(27)16-32)29(39)34-18-26-20(3)13-21(4)36-30(26)40/h5-6,13-17,19,30,32,35-36,40H,7-12,18,31H2,1-4H3,(H,34,39). The van der Waals surface area contributed by atoms with Crippen molar-refractivity contribution in [3.8, 4) is 11.1 Å². The van der Waals surface area contributed by atoms with Crippen molar-refractivity contribution >= 4 is 23.6 Å². The minimum Gasteiger partial charge on any atom is -0.382 e. The first-order chi connectivity index (χ1) is 19.2. The summed E-state index contributed by atoms with van der Waals surface area (Å²) in [6.45, 7) is 13.4. The van der Waals surface area contributed by atoms with Gasteiger partial charge in [0.05, 0.1) is 5.56 Å². The minimum atomic E-state index is -0.856. The molecule has 4 rings (SSSR count). The smallest absolute Gasteiger partial charge is 0.252 e. The molecule has 2 aliphatic rings. The Morgan fingerprint density at radius 3 is 2.58 bits per heavy atom. The molecule has 0 saturated carbocycles. The average molecular weight is 547 g/mol. The van der Waals surface area contributed by atoms with Crippen LogP contribution in [0, 0.1) is 5.41 Å². The van der Waals surface area contributed by atoms with Gasteiger partial charge in [0, 0.05) is 92.4 Å². The maximum Gasteiger partial charge on any atom is 0.252 e. The summed E-state index contributed by atoms with van der Waals surface area (Å²) in [5.41, 5.74) is 11.5. The number of nitrogens with two attached hydrogens (primary N) is 1. The van der Waals surface area contributed by atoms with Gasteiger partial charge >= 0.3 is 0 Å². The second-order valence-corrected chi connectivity index (χ2v) is 10.7. The van der Waals surface area contributed by atoms with Crippen LogP contribution < -0.4 is 26.6 Å². The topological polar surface area (TPSA) is 143 Å². The molecule has 0 radical (unpaired) electrons. The van der Waals surface area contributed by atoms with Gasteiger partial charge in [0.1, 0.15) is 12.0 Å². The number of hydrogen-bond donors (Lipinski definition) is 6. The lowest BCUT2D eigenvalue weighted by Crippen LogP contribution is -2.48. The molecule has 40 heavy (non-hydrogen) atoms. The summed E-state index contributed by atoms with van der Waals surface area (Å²) in [5.74, 6) is 0.615. The number of aromatic nitrogens is 1. The van der Waals surface area contributed by atoms with E-state index in [0.29, 0.717) is 28.9 Å². The number of carbonyl (C=O) groups excluding carboxylic acids is 1. The molecule has 3 heterocycles. The lowest BCUT2D eigenvalue weighted by molar-refractivity contribution is 0.0952. The molecule has 1 unspecified atom stereocenters. The van der Waals surface area contributed by atoms with Gasteiger partial charge in [0.15, 0.2) is 0 Å². The highest BCUT2D eigenvalue weighted by molar-refractivity contribution is 6.06. The Hall–Kier alpha value is -3.73. The molecule has 1 amide bonds. The fourth-order valence-electron chi connectivity index (χ4n) is 5.21. The Balaban J connectivity index is 1.59. The highest BCUT2D eigenvalue weighted by Crippen LogP contribution is 2.30. The number of dihydropyridines is 1. The third-order valence-electron chi connectivity index (χ3n) is 7.31.